The molecule has 1 saturated carbocycles. The van der Waals surface area contributed by atoms with Crippen molar-refractivity contribution in [1.29, 1.82) is 0 Å². The zero-order valence-corrected chi connectivity index (χ0v) is 11.0. The van der Waals surface area contributed by atoms with Gasteiger partial charge in [0.1, 0.15) is 0 Å². The normalized spacial score (nSPS) is 16.5. The summed E-state index contributed by atoms with van der Waals surface area (Å²) < 4.78 is 0. The maximum Gasteiger partial charge on any atom is 0.311 e. The standard InChI is InChI=1S/C13H15ClN2O3/c14-9-6-8(2-3-10(9)15)11(17)16-7-13(12(18)19)4-1-5-13/h2-3,6H,1,4-5,7,15H2,(H,16,17)(H,18,19). The minimum absolute atomic E-state index is 0.142. The molecule has 0 unspecified atom stereocenters. The van der Waals surface area contributed by atoms with Crippen molar-refractivity contribution in [1.82, 2.24) is 5.32 Å². The molecule has 1 aromatic rings. The van der Waals surface area contributed by atoms with Crippen LogP contribution in [0.5, 0.6) is 0 Å². The summed E-state index contributed by atoms with van der Waals surface area (Å²) in [4.78, 5) is 23.1. The number of nitrogen functional groups attached to an aromatic ring is 1. The largest absolute Gasteiger partial charge is 0.481 e. The van der Waals surface area contributed by atoms with Gasteiger partial charge in [-0.1, -0.05) is 18.0 Å². The summed E-state index contributed by atoms with van der Waals surface area (Å²) in [5, 5.41) is 12.1. The third-order valence-electron chi connectivity index (χ3n) is 3.61. The van der Waals surface area contributed by atoms with Crippen molar-refractivity contribution < 1.29 is 14.7 Å². The molecular weight excluding hydrogens is 268 g/mol. The number of anilines is 1. The van der Waals surface area contributed by atoms with E-state index in [-0.39, 0.29) is 12.5 Å². The topological polar surface area (TPSA) is 92.4 Å². The molecule has 1 aromatic carbocycles. The fourth-order valence-corrected chi connectivity index (χ4v) is 2.27. The lowest BCUT2D eigenvalue weighted by Crippen LogP contribution is -2.47. The Morgan fingerprint density at radius 1 is 1.42 bits per heavy atom. The van der Waals surface area contributed by atoms with Crippen LogP contribution in [0.25, 0.3) is 0 Å². The number of carbonyl (C=O) groups is 2. The first kappa shape index (κ1) is 13.7. The first-order valence-electron chi connectivity index (χ1n) is 6.01. The van der Waals surface area contributed by atoms with Crippen LogP contribution in [0.4, 0.5) is 5.69 Å². The Labute approximate surface area is 115 Å². The van der Waals surface area contributed by atoms with Gasteiger partial charge in [-0.3, -0.25) is 9.59 Å². The van der Waals surface area contributed by atoms with Crippen LogP contribution in [0.2, 0.25) is 5.02 Å². The monoisotopic (exact) mass is 282 g/mol. The number of aliphatic carboxylic acids is 1. The highest BCUT2D eigenvalue weighted by molar-refractivity contribution is 6.33. The number of nitrogens with two attached hydrogens (primary N) is 1. The van der Waals surface area contributed by atoms with Crippen LogP contribution in [0.1, 0.15) is 29.6 Å². The van der Waals surface area contributed by atoms with E-state index in [0.29, 0.717) is 29.1 Å². The van der Waals surface area contributed by atoms with Gasteiger partial charge in [0.2, 0.25) is 0 Å². The van der Waals surface area contributed by atoms with E-state index in [4.69, 9.17) is 22.4 Å². The van der Waals surface area contributed by atoms with Gasteiger partial charge in [-0.2, -0.15) is 0 Å². The Balaban J connectivity index is 2.01. The van der Waals surface area contributed by atoms with E-state index in [1.54, 1.807) is 12.1 Å². The molecule has 0 radical (unpaired) electrons. The number of hydrogen-bond acceptors (Lipinski definition) is 3. The Morgan fingerprint density at radius 3 is 2.58 bits per heavy atom. The molecule has 0 saturated heterocycles. The smallest absolute Gasteiger partial charge is 0.311 e. The van der Waals surface area contributed by atoms with Crippen LogP contribution in [0, 0.1) is 5.41 Å². The lowest BCUT2D eigenvalue weighted by molar-refractivity contribution is -0.153. The van der Waals surface area contributed by atoms with E-state index in [1.165, 1.54) is 6.07 Å². The highest BCUT2D eigenvalue weighted by Crippen LogP contribution is 2.40. The first-order chi connectivity index (χ1) is 8.94. The van der Waals surface area contributed by atoms with Crippen LogP contribution in [-0.2, 0) is 4.79 Å². The Morgan fingerprint density at radius 2 is 2.11 bits per heavy atom. The maximum atomic E-state index is 11.9. The summed E-state index contributed by atoms with van der Waals surface area (Å²) in [6.45, 7) is 0.142. The summed E-state index contributed by atoms with van der Waals surface area (Å²) >= 11 is 5.84. The van der Waals surface area contributed by atoms with Crippen molar-refractivity contribution in [2.24, 2.45) is 5.41 Å². The summed E-state index contributed by atoms with van der Waals surface area (Å²) in [7, 11) is 0. The van der Waals surface area contributed by atoms with Gasteiger partial charge in [-0.05, 0) is 31.0 Å². The van der Waals surface area contributed by atoms with E-state index in [9.17, 15) is 9.59 Å². The van der Waals surface area contributed by atoms with Crippen LogP contribution in [0.3, 0.4) is 0 Å². The van der Waals surface area contributed by atoms with Crippen molar-refractivity contribution in [3.05, 3.63) is 28.8 Å². The maximum absolute atomic E-state index is 11.9. The van der Waals surface area contributed by atoms with Gasteiger partial charge in [0, 0.05) is 12.1 Å². The number of carbonyl (C=O) groups excluding carboxylic acids is 1. The number of carboxylic acids is 1. The molecule has 0 atom stereocenters. The molecule has 0 spiro atoms. The average Bonchev–Trinajstić information content (AvgIpc) is 2.30. The molecule has 19 heavy (non-hydrogen) atoms. The van der Waals surface area contributed by atoms with E-state index in [0.717, 1.165) is 6.42 Å². The molecule has 0 aromatic heterocycles. The first-order valence-corrected chi connectivity index (χ1v) is 6.39. The van der Waals surface area contributed by atoms with Crippen molar-refractivity contribution in [3.63, 3.8) is 0 Å². The van der Waals surface area contributed by atoms with Gasteiger partial charge in [-0.15, -0.1) is 0 Å². The predicted molar refractivity (Wildman–Crippen MR) is 72.1 cm³/mol. The number of hydrogen-bond donors (Lipinski definition) is 3. The molecule has 5 nitrogen and oxygen atoms in total. The van der Waals surface area contributed by atoms with Crippen LogP contribution in [0.15, 0.2) is 18.2 Å². The summed E-state index contributed by atoms with van der Waals surface area (Å²) in [6.07, 6.45) is 2.09. The highest BCUT2D eigenvalue weighted by atomic mass is 35.5. The molecule has 0 heterocycles. The molecule has 2 rings (SSSR count). The van der Waals surface area contributed by atoms with Gasteiger partial charge in [-0.25, -0.2) is 0 Å². The minimum atomic E-state index is -0.852. The molecule has 1 fully saturated rings. The van der Waals surface area contributed by atoms with Gasteiger partial charge >= 0.3 is 5.97 Å². The van der Waals surface area contributed by atoms with Crippen molar-refractivity contribution >= 4 is 29.2 Å². The third kappa shape index (κ3) is 2.66. The quantitative estimate of drug-likeness (QED) is 0.736. The Hall–Kier alpha value is -1.75. The highest BCUT2D eigenvalue weighted by Gasteiger charge is 2.44. The van der Waals surface area contributed by atoms with Gasteiger partial charge in [0.25, 0.3) is 5.91 Å². The molecule has 1 aliphatic carbocycles. The molecule has 1 aliphatic rings. The number of benzene rings is 1. The lowest BCUT2D eigenvalue weighted by atomic mass is 9.69. The van der Waals surface area contributed by atoms with Crippen molar-refractivity contribution in [3.8, 4) is 0 Å². The zero-order chi connectivity index (χ0) is 14.0. The van der Waals surface area contributed by atoms with Gasteiger partial charge in [0.15, 0.2) is 0 Å². The average molecular weight is 283 g/mol. The van der Waals surface area contributed by atoms with Gasteiger partial charge < -0.3 is 16.2 Å². The fourth-order valence-electron chi connectivity index (χ4n) is 2.09. The molecular formula is C13H15ClN2O3. The molecule has 4 N–H and O–H groups in total. The number of nitrogens with one attached hydrogen (secondary N) is 1. The number of rotatable bonds is 4. The second-order valence-electron chi connectivity index (χ2n) is 4.86. The summed E-state index contributed by atoms with van der Waals surface area (Å²) in [5.74, 6) is -1.19. The predicted octanol–water partition coefficient (Wildman–Crippen LogP) is 1.91. The zero-order valence-electron chi connectivity index (χ0n) is 10.3. The van der Waals surface area contributed by atoms with Crippen LogP contribution < -0.4 is 11.1 Å². The lowest BCUT2D eigenvalue weighted by Gasteiger charge is -2.37. The summed E-state index contributed by atoms with van der Waals surface area (Å²) in [5.41, 5.74) is 5.54. The Kier molecular flexibility index (Phi) is 3.66. The van der Waals surface area contributed by atoms with E-state index >= 15 is 0 Å². The number of amides is 1. The Bertz CT molecular complexity index is 527. The second-order valence-corrected chi connectivity index (χ2v) is 5.27. The van der Waals surface area contributed by atoms with Crippen LogP contribution in [-0.4, -0.2) is 23.5 Å². The van der Waals surface area contributed by atoms with E-state index in [1.807, 2.05) is 0 Å². The minimum Gasteiger partial charge on any atom is -0.481 e. The van der Waals surface area contributed by atoms with Gasteiger partial charge in [0.05, 0.1) is 16.1 Å². The molecule has 0 aliphatic heterocycles. The van der Waals surface area contributed by atoms with Crippen LogP contribution >= 0.6 is 11.6 Å². The number of carboxylic acid groups (broad SMARTS) is 1. The second kappa shape index (κ2) is 5.09. The number of halogens is 1. The SMILES string of the molecule is Nc1ccc(C(=O)NCC2(C(=O)O)CCC2)cc1Cl. The molecule has 0 bridgehead atoms. The van der Waals surface area contributed by atoms with Crippen molar-refractivity contribution in [2.75, 3.05) is 12.3 Å². The summed E-state index contributed by atoms with van der Waals surface area (Å²) in [6, 6.07) is 4.58. The van der Waals surface area contributed by atoms with E-state index < -0.39 is 11.4 Å². The molecule has 1 amide bonds. The van der Waals surface area contributed by atoms with Crippen molar-refractivity contribution in [2.45, 2.75) is 19.3 Å². The van der Waals surface area contributed by atoms with E-state index in [2.05, 4.69) is 5.32 Å². The molecule has 102 valence electrons. The third-order valence-corrected chi connectivity index (χ3v) is 3.94. The molecule has 6 heteroatoms. The fraction of sp³-hybridized carbons (Fsp3) is 0.385.